The summed E-state index contributed by atoms with van der Waals surface area (Å²) >= 11 is 1.75. The Labute approximate surface area is 99.4 Å². The van der Waals surface area contributed by atoms with E-state index in [1.807, 2.05) is 13.2 Å². The molecule has 0 fully saturated rings. The van der Waals surface area contributed by atoms with Gasteiger partial charge in [0.15, 0.2) is 0 Å². The van der Waals surface area contributed by atoms with Crippen LogP contribution in [0.2, 0.25) is 0 Å². The van der Waals surface area contributed by atoms with Crippen LogP contribution in [0.15, 0.2) is 5.10 Å². The van der Waals surface area contributed by atoms with Gasteiger partial charge in [0.05, 0.1) is 0 Å². The number of hydrogen-bond donors (Lipinski definition) is 2. The molecule has 0 aromatic heterocycles. The maximum Gasteiger partial charge on any atom is 0.267 e. The van der Waals surface area contributed by atoms with Gasteiger partial charge in [-0.25, -0.2) is 5.43 Å². The van der Waals surface area contributed by atoms with Gasteiger partial charge in [0.2, 0.25) is 5.91 Å². The second-order valence-corrected chi connectivity index (χ2v) is 4.74. The van der Waals surface area contributed by atoms with Crippen molar-refractivity contribution in [2.24, 2.45) is 5.10 Å². The molecule has 0 aromatic rings. The van der Waals surface area contributed by atoms with Gasteiger partial charge < -0.3 is 5.32 Å². The molecule has 1 heterocycles. The van der Waals surface area contributed by atoms with Gasteiger partial charge in [-0.15, -0.1) is 0 Å². The number of hydrazone groups is 1. The van der Waals surface area contributed by atoms with Crippen molar-refractivity contribution >= 4 is 29.3 Å². The second kappa shape index (κ2) is 6.52. The lowest BCUT2D eigenvalue weighted by molar-refractivity contribution is -0.121. The molecule has 1 atom stereocenters. The molecule has 2 N–H and O–H groups in total. The number of hydrogen-bond acceptors (Lipinski definition) is 4. The summed E-state index contributed by atoms with van der Waals surface area (Å²) < 4.78 is 0. The lowest BCUT2D eigenvalue weighted by Gasteiger charge is -2.16. The molecule has 0 aromatic carbocycles. The first-order valence-corrected chi connectivity index (χ1v) is 6.68. The quantitative estimate of drug-likeness (QED) is 0.739. The molecule has 1 unspecified atom stereocenters. The number of thioether (sulfide) groups is 1. The molecule has 0 spiro atoms. The van der Waals surface area contributed by atoms with Crippen LogP contribution in [0.3, 0.4) is 0 Å². The molecule has 0 saturated carbocycles. The van der Waals surface area contributed by atoms with Gasteiger partial charge >= 0.3 is 0 Å². The van der Waals surface area contributed by atoms with Gasteiger partial charge in [-0.05, 0) is 25.4 Å². The summed E-state index contributed by atoms with van der Waals surface area (Å²) in [5.41, 5.74) is 2.73. The van der Waals surface area contributed by atoms with E-state index in [0.29, 0.717) is 18.6 Å². The molecule has 0 aliphatic carbocycles. The Morgan fingerprint density at radius 2 is 2.38 bits per heavy atom. The number of nitrogens with zero attached hydrogens (tertiary/aromatic N) is 1. The van der Waals surface area contributed by atoms with Crippen LogP contribution in [0.25, 0.3) is 0 Å². The van der Waals surface area contributed by atoms with Crippen LogP contribution in [0.5, 0.6) is 0 Å². The smallest absolute Gasteiger partial charge is 0.267 e. The SMILES string of the molecule is CSCCC(C)NC(=O)C1=NNC(=O)CC1. The lowest BCUT2D eigenvalue weighted by Crippen LogP contribution is -2.41. The molecule has 1 aliphatic heterocycles. The number of rotatable bonds is 5. The Hall–Kier alpha value is -1.04. The van der Waals surface area contributed by atoms with Crippen LogP contribution in [0.4, 0.5) is 0 Å². The number of carbonyl (C=O) groups excluding carboxylic acids is 2. The fourth-order valence-corrected chi connectivity index (χ4v) is 1.90. The highest BCUT2D eigenvalue weighted by Crippen LogP contribution is 2.02. The Balaban J connectivity index is 2.37. The average Bonchev–Trinajstić information content (AvgIpc) is 2.27. The summed E-state index contributed by atoms with van der Waals surface area (Å²) in [6.07, 6.45) is 3.74. The minimum absolute atomic E-state index is 0.132. The van der Waals surface area contributed by atoms with Crippen molar-refractivity contribution in [2.45, 2.75) is 32.2 Å². The van der Waals surface area contributed by atoms with Gasteiger partial charge in [0, 0.05) is 18.9 Å². The first kappa shape index (κ1) is 13.0. The van der Waals surface area contributed by atoms with Gasteiger partial charge in [-0.2, -0.15) is 16.9 Å². The van der Waals surface area contributed by atoms with Crippen molar-refractivity contribution in [3.8, 4) is 0 Å². The van der Waals surface area contributed by atoms with Crippen molar-refractivity contribution < 1.29 is 9.59 Å². The normalized spacial score (nSPS) is 17.4. The van der Waals surface area contributed by atoms with E-state index in [1.165, 1.54) is 0 Å². The molecule has 1 rings (SSSR count). The minimum atomic E-state index is -0.173. The highest BCUT2D eigenvalue weighted by atomic mass is 32.2. The summed E-state index contributed by atoms with van der Waals surface area (Å²) in [5, 5.41) is 6.61. The predicted molar refractivity (Wildman–Crippen MR) is 65.4 cm³/mol. The zero-order valence-electron chi connectivity index (χ0n) is 9.58. The highest BCUT2D eigenvalue weighted by molar-refractivity contribution is 7.98. The van der Waals surface area contributed by atoms with Crippen molar-refractivity contribution in [2.75, 3.05) is 12.0 Å². The van der Waals surface area contributed by atoms with E-state index in [0.717, 1.165) is 12.2 Å². The molecule has 1 aliphatic rings. The van der Waals surface area contributed by atoms with Crippen molar-refractivity contribution in [3.63, 3.8) is 0 Å². The molecule has 90 valence electrons. The Morgan fingerprint density at radius 3 is 2.94 bits per heavy atom. The van der Waals surface area contributed by atoms with Crippen LogP contribution in [0, 0.1) is 0 Å². The third-order valence-corrected chi connectivity index (χ3v) is 2.94. The Morgan fingerprint density at radius 1 is 1.62 bits per heavy atom. The lowest BCUT2D eigenvalue weighted by atomic mass is 10.1. The molecule has 5 nitrogen and oxygen atoms in total. The number of amides is 2. The molecule has 0 radical (unpaired) electrons. The maximum absolute atomic E-state index is 11.7. The predicted octanol–water partition coefficient (Wildman–Crippen LogP) is 0.510. The summed E-state index contributed by atoms with van der Waals surface area (Å²) in [5.74, 6) is 0.713. The van der Waals surface area contributed by atoms with E-state index in [2.05, 4.69) is 15.8 Å². The summed E-state index contributed by atoms with van der Waals surface area (Å²) in [6.45, 7) is 1.97. The average molecular weight is 243 g/mol. The third-order valence-electron chi connectivity index (χ3n) is 2.30. The summed E-state index contributed by atoms with van der Waals surface area (Å²) in [7, 11) is 0. The molecule has 0 bridgehead atoms. The number of nitrogens with one attached hydrogen (secondary N) is 2. The van der Waals surface area contributed by atoms with Crippen molar-refractivity contribution in [1.82, 2.24) is 10.7 Å². The van der Waals surface area contributed by atoms with Crippen LogP contribution in [-0.2, 0) is 9.59 Å². The first-order valence-electron chi connectivity index (χ1n) is 5.28. The highest BCUT2D eigenvalue weighted by Gasteiger charge is 2.19. The fraction of sp³-hybridized carbons (Fsp3) is 0.700. The van der Waals surface area contributed by atoms with Crippen molar-refractivity contribution in [3.05, 3.63) is 0 Å². The van der Waals surface area contributed by atoms with E-state index in [1.54, 1.807) is 11.8 Å². The van der Waals surface area contributed by atoms with Crippen LogP contribution < -0.4 is 10.7 Å². The van der Waals surface area contributed by atoms with E-state index < -0.39 is 0 Å². The van der Waals surface area contributed by atoms with Gasteiger partial charge in [0.25, 0.3) is 5.91 Å². The van der Waals surface area contributed by atoms with Crippen LogP contribution >= 0.6 is 11.8 Å². The number of carbonyl (C=O) groups is 2. The van der Waals surface area contributed by atoms with Crippen LogP contribution in [0.1, 0.15) is 26.2 Å². The molecular weight excluding hydrogens is 226 g/mol. The molecule has 16 heavy (non-hydrogen) atoms. The first-order chi connectivity index (χ1) is 7.63. The topological polar surface area (TPSA) is 70.6 Å². The summed E-state index contributed by atoms with van der Waals surface area (Å²) in [4.78, 5) is 22.5. The maximum atomic E-state index is 11.7. The van der Waals surface area contributed by atoms with Gasteiger partial charge in [-0.1, -0.05) is 0 Å². The Bertz CT molecular complexity index is 304. The van der Waals surface area contributed by atoms with E-state index in [-0.39, 0.29) is 17.9 Å². The largest absolute Gasteiger partial charge is 0.348 e. The zero-order chi connectivity index (χ0) is 12.0. The van der Waals surface area contributed by atoms with E-state index in [4.69, 9.17) is 0 Å². The van der Waals surface area contributed by atoms with Crippen molar-refractivity contribution in [1.29, 1.82) is 0 Å². The van der Waals surface area contributed by atoms with Gasteiger partial charge in [0.1, 0.15) is 5.71 Å². The van der Waals surface area contributed by atoms with Gasteiger partial charge in [-0.3, -0.25) is 9.59 Å². The monoisotopic (exact) mass is 243 g/mol. The minimum Gasteiger partial charge on any atom is -0.348 e. The molecule has 6 heteroatoms. The third kappa shape index (κ3) is 4.22. The molecular formula is C10H17N3O2S. The molecule has 2 amide bonds. The molecule has 0 saturated heterocycles. The Kier molecular flexibility index (Phi) is 5.31. The fourth-order valence-electron chi connectivity index (χ4n) is 1.31. The van der Waals surface area contributed by atoms with Crippen LogP contribution in [-0.4, -0.2) is 35.6 Å². The second-order valence-electron chi connectivity index (χ2n) is 3.75. The zero-order valence-corrected chi connectivity index (χ0v) is 10.4. The van der Waals surface area contributed by atoms with E-state index in [9.17, 15) is 9.59 Å². The summed E-state index contributed by atoms with van der Waals surface area (Å²) in [6, 6.07) is 0.139. The standard InChI is InChI=1S/C10H17N3O2S/c1-7(5-6-16-2)11-10(15)8-3-4-9(14)13-12-8/h7H,3-6H2,1-2H3,(H,11,15)(H,13,14). The van der Waals surface area contributed by atoms with E-state index >= 15 is 0 Å².